The van der Waals surface area contributed by atoms with Crippen LogP contribution in [0, 0.1) is 0 Å². The third-order valence-corrected chi connectivity index (χ3v) is 4.35. The minimum absolute atomic E-state index is 0.0533. The Hall–Kier alpha value is -1.25. The predicted molar refractivity (Wildman–Crippen MR) is 78.0 cm³/mol. The topological polar surface area (TPSA) is 79.4 Å². The Balaban J connectivity index is 1.84. The van der Waals surface area contributed by atoms with E-state index in [1.54, 1.807) is 5.51 Å². The number of nitrogens with zero attached hydrogens (tertiary/aromatic N) is 3. The van der Waals surface area contributed by atoms with E-state index in [-0.39, 0.29) is 11.6 Å². The van der Waals surface area contributed by atoms with Gasteiger partial charge in [-0.1, -0.05) is 18.3 Å². The van der Waals surface area contributed by atoms with Crippen molar-refractivity contribution >= 4 is 22.5 Å². The van der Waals surface area contributed by atoms with Gasteiger partial charge in [-0.3, -0.25) is 10.2 Å². The summed E-state index contributed by atoms with van der Waals surface area (Å²) in [5, 5.41) is 13.6. The van der Waals surface area contributed by atoms with Crippen LogP contribution in [0.4, 0.5) is 9.93 Å². The number of rotatable bonds is 5. The third kappa shape index (κ3) is 3.87. The predicted octanol–water partition coefficient (Wildman–Crippen LogP) is 1.16. The molecule has 0 aliphatic carbocycles. The van der Waals surface area contributed by atoms with Crippen molar-refractivity contribution in [1.82, 2.24) is 20.4 Å². The Bertz CT molecular complexity index is 421. The van der Waals surface area contributed by atoms with Crippen molar-refractivity contribution in [2.45, 2.75) is 25.8 Å². The Morgan fingerprint density at radius 2 is 2.30 bits per heavy atom. The van der Waals surface area contributed by atoms with E-state index in [1.807, 2.05) is 0 Å². The lowest BCUT2D eigenvalue weighted by Gasteiger charge is -2.42. The summed E-state index contributed by atoms with van der Waals surface area (Å²) >= 11 is 1.30. The lowest BCUT2D eigenvalue weighted by atomic mass is 9.95. The van der Waals surface area contributed by atoms with Gasteiger partial charge in [-0.25, -0.2) is 4.79 Å². The molecule has 1 atom stereocenters. The molecule has 1 unspecified atom stereocenters. The molecule has 0 radical (unpaired) electrons. The highest BCUT2D eigenvalue weighted by Crippen LogP contribution is 2.20. The van der Waals surface area contributed by atoms with E-state index in [2.05, 4.69) is 39.6 Å². The SMILES string of the molecule is CCC(C)(CNC(=O)Nc1nncs1)N1CCOCC1. The lowest BCUT2D eigenvalue weighted by molar-refractivity contribution is -0.0163. The fraction of sp³-hybridized carbons (Fsp3) is 0.750. The number of urea groups is 1. The summed E-state index contributed by atoms with van der Waals surface area (Å²) in [4.78, 5) is 14.2. The van der Waals surface area contributed by atoms with E-state index in [9.17, 15) is 4.79 Å². The Morgan fingerprint density at radius 1 is 1.55 bits per heavy atom. The van der Waals surface area contributed by atoms with Gasteiger partial charge in [0.2, 0.25) is 5.13 Å². The van der Waals surface area contributed by atoms with Gasteiger partial charge in [-0.15, -0.1) is 10.2 Å². The first-order chi connectivity index (χ1) is 9.64. The lowest BCUT2D eigenvalue weighted by Crippen LogP contribution is -2.57. The van der Waals surface area contributed by atoms with E-state index in [1.165, 1.54) is 11.3 Å². The molecule has 2 amide bonds. The van der Waals surface area contributed by atoms with Gasteiger partial charge in [0.1, 0.15) is 5.51 Å². The smallest absolute Gasteiger partial charge is 0.321 e. The average molecular weight is 299 g/mol. The van der Waals surface area contributed by atoms with Gasteiger partial charge in [0.05, 0.1) is 13.2 Å². The summed E-state index contributed by atoms with van der Waals surface area (Å²) in [5.74, 6) is 0. The minimum Gasteiger partial charge on any atom is -0.379 e. The number of aromatic nitrogens is 2. The molecule has 1 fully saturated rings. The molecule has 1 aromatic heterocycles. The molecule has 1 aromatic rings. The van der Waals surface area contributed by atoms with Crippen LogP contribution in [0.15, 0.2) is 5.51 Å². The standard InChI is InChI=1S/C12H21N5O2S/c1-3-12(2,17-4-6-19-7-5-17)8-13-10(18)15-11-16-14-9-20-11/h9H,3-8H2,1-2H3,(H2,13,15,16,18). The maximum Gasteiger partial charge on any atom is 0.321 e. The molecule has 7 nitrogen and oxygen atoms in total. The molecule has 0 bridgehead atoms. The van der Waals surface area contributed by atoms with Gasteiger partial charge >= 0.3 is 6.03 Å². The maximum absolute atomic E-state index is 11.8. The molecule has 20 heavy (non-hydrogen) atoms. The van der Waals surface area contributed by atoms with Crippen LogP contribution < -0.4 is 10.6 Å². The van der Waals surface area contributed by atoms with Crippen molar-refractivity contribution in [1.29, 1.82) is 0 Å². The highest BCUT2D eigenvalue weighted by atomic mass is 32.1. The minimum atomic E-state index is -0.241. The Kier molecular flexibility index (Phi) is 5.27. The first kappa shape index (κ1) is 15.1. The van der Waals surface area contributed by atoms with Crippen molar-refractivity contribution in [3.05, 3.63) is 5.51 Å². The van der Waals surface area contributed by atoms with Gasteiger partial charge in [-0.05, 0) is 13.3 Å². The van der Waals surface area contributed by atoms with E-state index < -0.39 is 0 Å². The van der Waals surface area contributed by atoms with Crippen LogP contribution in [-0.4, -0.2) is 59.5 Å². The van der Waals surface area contributed by atoms with Gasteiger partial charge < -0.3 is 10.1 Å². The molecule has 1 aliphatic rings. The van der Waals surface area contributed by atoms with Gasteiger partial charge in [0, 0.05) is 25.2 Å². The van der Waals surface area contributed by atoms with Gasteiger partial charge in [-0.2, -0.15) is 0 Å². The summed E-state index contributed by atoms with van der Waals surface area (Å²) < 4.78 is 5.38. The number of hydrogen-bond acceptors (Lipinski definition) is 6. The van der Waals surface area contributed by atoms with Crippen LogP contribution in [0.3, 0.4) is 0 Å². The van der Waals surface area contributed by atoms with Crippen LogP contribution >= 0.6 is 11.3 Å². The van der Waals surface area contributed by atoms with Crippen molar-refractivity contribution in [2.75, 3.05) is 38.2 Å². The number of carbonyl (C=O) groups is 1. The fourth-order valence-electron chi connectivity index (χ4n) is 2.20. The normalized spacial score (nSPS) is 19.3. The summed E-state index contributed by atoms with van der Waals surface area (Å²) in [6, 6.07) is -0.241. The van der Waals surface area contributed by atoms with Crippen molar-refractivity contribution in [3.8, 4) is 0 Å². The van der Waals surface area contributed by atoms with E-state index in [0.717, 1.165) is 32.7 Å². The summed E-state index contributed by atoms with van der Waals surface area (Å²) in [7, 11) is 0. The van der Waals surface area contributed by atoms with Crippen LogP contribution in [0.1, 0.15) is 20.3 Å². The molecular weight excluding hydrogens is 278 g/mol. The molecular formula is C12H21N5O2S. The number of hydrogen-bond donors (Lipinski definition) is 2. The molecule has 2 heterocycles. The molecule has 2 rings (SSSR count). The van der Waals surface area contributed by atoms with Crippen LogP contribution in [0.2, 0.25) is 0 Å². The van der Waals surface area contributed by atoms with E-state index in [0.29, 0.717) is 11.7 Å². The number of ether oxygens (including phenoxy) is 1. The first-order valence-electron chi connectivity index (χ1n) is 6.78. The van der Waals surface area contributed by atoms with Crippen LogP contribution in [0.5, 0.6) is 0 Å². The zero-order valence-electron chi connectivity index (χ0n) is 11.9. The number of anilines is 1. The van der Waals surface area contributed by atoms with Gasteiger partial charge in [0.25, 0.3) is 0 Å². The molecule has 112 valence electrons. The van der Waals surface area contributed by atoms with Crippen molar-refractivity contribution in [2.24, 2.45) is 0 Å². The number of morpholine rings is 1. The second kappa shape index (κ2) is 6.96. The first-order valence-corrected chi connectivity index (χ1v) is 7.66. The van der Waals surface area contributed by atoms with E-state index in [4.69, 9.17) is 4.74 Å². The fourth-order valence-corrected chi connectivity index (χ4v) is 2.64. The third-order valence-electron chi connectivity index (χ3n) is 3.75. The second-order valence-electron chi connectivity index (χ2n) is 5.00. The Labute approximate surface area is 122 Å². The number of amides is 2. The van der Waals surface area contributed by atoms with E-state index >= 15 is 0 Å². The average Bonchev–Trinajstić information content (AvgIpc) is 2.98. The zero-order chi connectivity index (χ0) is 14.4. The molecule has 0 aromatic carbocycles. The molecule has 2 N–H and O–H groups in total. The second-order valence-corrected chi connectivity index (χ2v) is 5.83. The number of carbonyl (C=O) groups excluding carboxylic acids is 1. The highest BCUT2D eigenvalue weighted by molar-refractivity contribution is 7.13. The molecule has 1 aliphatic heterocycles. The van der Waals surface area contributed by atoms with Crippen LogP contribution in [0.25, 0.3) is 0 Å². The van der Waals surface area contributed by atoms with Crippen molar-refractivity contribution < 1.29 is 9.53 Å². The van der Waals surface area contributed by atoms with Crippen LogP contribution in [-0.2, 0) is 4.74 Å². The largest absolute Gasteiger partial charge is 0.379 e. The van der Waals surface area contributed by atoms with Crippen molar-refractivity contribution in [3.63, 3.8) is 0 Å². The maximum atomic E-state index is 11.8. The number of nitrogens with one attached hydrogen (secondary N) is 2. The monoisotopic (exact) mass is 299 g/mol. The summed E-state index contributed by atoms with van der Waals surface area (Å²) in [6.45, 7) is 8.23. The highest BCUT2D eigenvalue weighted by Gasteiger charge is 2.31. The summed E-state index contributed by atoms with van der Waals surface area (Å²) in [5.41, 5.74) is 1.53. The quantitative estimate of drug-likeness (QED) is 0.853. The molecule has 0 saturated carbocycles. The Morgan fingerprint density at radius 3 is 2.90 bits per heavy atom. The van der Waals surface area contributed by atoms with Gasteiger partial charge in [0.15, 0.2) is 0 Å². The molecule has 1 saturated heterocycles. The summed E-state index contributed by atoms with van der Waals surface area (Å²) in [6.07, 6.45) is 0.964. The molecule has 0 spiro atoms. The molecule has 8 heteroatoms. The zero-order valence-corrected chi connectivity index (χ0v) is 12.7.